The predicted molar refractivity (Wildman–Crippen MR) is 98.9 cm³/mol. The molecule has 7 heteroatoms. The van der Waals surface area contributed by atoms with Crippen LogP contribution in [-0.2, 0) is 19.9 Å². The Bertz CT molecular complexity index is 1080. The van der Waals surface area contributed by atoms with Crippen molar-refractivity contribution < 1.29 is 0 Å². The van der Waals surface area contributed by atoms with Gasteiger partial charge in [-0.25, -0.2) is 14.5 Å². The number of hydrogen-bond acceptors (Lipinski definition) is 5. The highest BCUT2D eigenvalue weighted by molar-refractivity contribution is 7.19. The van der Waals surface area contributed by atoms with Crippen LogP contribution in [0.1, 0.15) is 35.9 Å². The van der Waals surface area contributed by atoms with Gasteiger partial charge in [0.2, 0.25) is 5.82 Å². The van der Waals surface area contributed by atoms with Crippen molar-refractivity contribution in [3.63, 3.8) is 0 Å². The molecule has 25 heavy (non-hydrogen) atoms. The van der Waals surface area contributed by atoms with Gasteiger partial charge in [0.1, 0.15) is 16.9 Å². The highest BCUT2D eigenvalue weighted by atomic mass is 32.1. The Morgan fingerprint density at radius 2 is 2.20 bits per heavy atom. The summed E-state index contributed by atoms with van der Waals surface area (Å²) in [6, 6.07) is 2.02. The van der Waals surface area contributed by atoms with Gasteiger partial charge in [-0.05, 0) is 43.7 Å². The van der Waals surface area contributed by atoms with Crippen LogP contribution in [-0.4, -0.2) is 29.4 Å². The minimum Gasteiger partial charge on any atom is -0.272 e. The molecule has 128 valence electrons. The summed E-state index contributed by atoms with van der Waals surface area (Å²) >= 11 is 1.83. The lowest BCUT2D eigenvalue weighted by molar-refractivity contribution is 0.451. The summed E-state index contributed by atoms with van der Waals surface area (Å²) in [5, 5.41) is 10.3. The fourth-order valence-corrected chi connectivity index (χ4v) is 5.07. The van der Waals surface area contributed by atoms with E-state index >= 15 is 0 Å². The van der Waals surface area contributed by atoms with Crippen LogP contribution in [0.2, 0.25) is 0 Å². The smallest absolute Gasteiger partial charge is 0.202 e. The first-order valence-corrected chi connectivity index (χ1v) is 9.62. The minimum absolute atomic E-state index is 0.667. The van der Waals surface area contributed by atoms with E-state index in [1.54, 1.807) is 10.8 Å². The van der Waals surface area contributed by atoms with Crippen LogP contribution >= 0.6 is 11.3 Å². The van der Waals surface area contributed by atoms with Gasteiger partial charge in [-0.3, -0.25) is 4.68 Å². The molecule has 1 aliphatic rings. The third-order valence-corrected chi connectivity index (χ3v) is 6.57. The lowest BCUT2D eigenvalue weighted by Crippen LogP contribution is -2.11. The number of fused-ring (bicyclic) bond motifs is 5. The van der Waals surface area contributed by atoms with E-state index in [2.05, 4.69) is 22.1 Å². The van der Waals surface area contributed by atoms with Crippen molar-refractivity contribution in [2.75, 3.05) is 0 Å². The van der Waals surface area contributed by atoms with Crippen LogP contribution in [0.5, 0.6) is 0 Å². The molecule has 0 saturated carbocycles. The maximum absolute atomic E-state index is 4.83. The number of aromatic nitrogens is 6. The van der Waals surface area contributed by atoms with Gasteiger partial charge in [0.05, 0.1) is 5.39 Å². The van der Waals surface area contributed by atoms with Gasteiger partial charge in [0.25, 0.3) is 0 Å². The summed E-state index contributed by atoms with van der Waals surface area (Å²) in [6.45, 7) is 4.32. The average Bonchev–Trinajstić information content (AvgIpc) is 3.28. The van der Waals surface area contributed by atoms with Gasteiger partial charge in [0.15, 0.2) is 5.65 Å². The Hall–Kier alpha value is -2.28. The van der Waals surface area contributed by atoms with E-state index in [0.29, 0.717) is 5.82 Å². The summed E-state index contributed by atoms with van der Waals surface area (Å²) in [5.41, 5.74) is 4.26. The lowest BCUT2D eigenvalue weighted by Gasteiger charge is -2.20. The van der Waals surface area contributed by atoms with E-state index in [-0.39, 0.29) is 0 Å². The molecule has 4 aromatic heterocycles. The molecule has 0 aromatic carbocycles. The molecule has 0 amide bonds. The van der Waals surface area contributed by atoms with Crippen molar-refractivity contribution in [3.05, 3.63) is 28.5 Å². The fourth-order valence-electron chi connectivity index (χ4n) is 3.77. The van der Waals surface area contributed by atoms with E-state index in [1.165, 1.54) is 35.1 Å². The van der Waals surface area contributed by atoms with E-state index in [9.17, 15) is 0 Å². The number of thiophene rings is 1. The Balaban J connectivity index is 1.71. The second kappa shape index (κ2) is 5.36. The van der Waals surface area contributed by atoms with Crippen molar-refractivity contribution in [2.45, 2.75) is 39.5 Å². The molecule has 5 rings (SSSR count). The molecule has 0 N–H and O–H groups in total. The molecule has 4 heterocycles. The van der Waals surface area contributed by atoms with Crippen LogP contribution in [0.4, 0.5) is 0 Å². The molecule has 1 unspecified atom stereocenters. The third kappa shape index (κ3) is 2.22. The number of hydrogen-bond donors (Lipinski definition) is 0. The molecular formula is C18H20N6S. The highest BCUT2D eigenvalue weighted by Crippen LogP contribution is 2.39. The predicted octanol–water partition coefficient (Wildman–Crippen LogP) is 3.56. The minimum atomic E-state index is 0.667. The second-order valence-corrected chi connectivity index (χ2v) is 8.03. The van der Waals surface area contributed by atoms with Crippen molar-refractivity contribution in [3.8, 4) is 11.5 Å². The van der Waals surface area contributed by atoms with Crippen LogP contribution in [0.15, 0.2) is 12.4 Å². The van der Waals surface area contributed by atoms with Gasteiger partial charge in [0, 0.05) is 17.6 Å². The van der Waals surface area contributed by atoms with Gasteiger partial charge < -0.3 is 0 Å². The van der Waals surface area contributed by atoms with Crippen molar-refractivity contribution >= 4 is 27.2 Å². The molecule has 1 atom stereocenters. The first-order chi connectivity index (χ1) is 12.1. The second-order valence-electron chi connectivity index (χ2n) is 6.94. The van der Waals surface area contributed by atoms with E-state index in [4.69, 9.17) is 4.98 Å². The van der Waals surface area contributed by atoms with Crippen molar-refractivity contribution in [2.24, 2.45) is 13.0 Å². The Labute approximate surface area is 149 Å². The highest BCUT2D eigenvalue weighted by Gasteiger charge is 2.25. The summed E-state index contributed by atoms with van der Waals surface area (Å²) in [4.78, 5) is 12.1. The van der Waals surface area contributed by atoms with Gasteiger partial charge in [-0.2, -0.15) is 5.10 Å². The van der Waals surface area contributed by atoms with Gasteiger partial charge >= 0.3 is 0 Å². The molecule has 0 spiro atoms. The zero-order valence-electron chi connectivity index (χ0n) is 14.7. The standard InChI is InChI=1S/C18H20N6S/c1-4-11-5-6-12-14(8-11)25-18-15(12)17-20-16(22-24(17)9-19-18)13-7-10(2)23(3)21-13/h7,9,11H,4-6,8H2,1-3H3. The quantitative estimate of drug-likeness (QED) is 0.553. The molecule has 0 saturated heterocycles. The lowest BCUT2D eigenvalue weighted by atomic mass is 9.86. The SMILES string of the molecule is CCC1CCc2c(sc3ncn4nc(-c5cc(C)n(C)n5)nc4c23)C1. The number of aryl methyl sites for hydroxylation is 3. The molecule has 0 aliphatic heterocycles. The van der Waals surface area contributed by atoms with Crippen LogP contribution in [0, 0.1) is 12.8 Å². The van der Waals surface area contributed by atoms with E-state index in [0.717, 1.165) is 34.2 Å². The zero-order valence-corrected chi connectivity index (χ0v) is 15.5. The Kier molecular flexibility index (Phi) is 3.22. The van der Waals surface area contributed by atoms with Gasteiger partial charge in [-0.1, -0.05) is 13.3 Å². The summed E-state index contributed by atoms with van der Waals surface area (Å²) in [6.07, 6.45) is 6.60. The average molecular weight is 352 g/mol. The third-order valence-electron chi connectivity index (χ3n) is 5.41. The number of rotatable bonds is 2. The van der Waals surface area contributed by atoms with Crippen molar-refractivity contribution in [1.82, 2.24) is 29.4 Å². The zero-order chi connectivity index (χ0) is 17.1. The molecule has 0 fully saturated rings. The van der Waals surface area contributed by atoms with Crippen LogP contribution < -0.4 is 0 Å². The summed E-state index contributed by atoms with van der Waals surface area (Å²) in [7, 11) is 1.94. The Morgan fingerprint density at radius 3 is 2.96 bits per heavy atom. The van der Waals surface area contributed by atoms with Crippen LogP contribution in [0.3, 0.4) is 0 Å². The van der Waals surface area contributed by atoms with Crippen molar-refractivity contribution in [1.29, 1.82) is 0 Å². The maximum atomic E-state index is 4.83. The summed E-state index contributed by atoms with van der Waals surface area (Å²) < 4.78 is 3.66. The number of nitrogens with zero attached hydrogens (tertiary/aromatic N) is 6. The molecule has 6 nitrogen and oxygen atoms in total. The molecule has 1 aliphatic carbocycles. The maximum Gasteiger partial charge on any atom is 0.202 e. The van der Waals surface area contributed by atoms with Crippen LogP contribution in [0.25, 0.3) is 27.4 Å². The molecular weight excluding hydrogens is 332 g/mol. The largest absolute Gasteiger partial charge is 0.272 e. The molecule has 0 bridgehead atoms. The molecule has 0 radical (unpaired) electrons. The Morgan fingerprint density at radius 1 is 1.32 bits per heavy atom. The van der Waals surface area contributed by atoms with E-state index in [1.807, 2.05) is 36.1 Å². The van der Waals surface area contributed by atoms with E-state index < -0.39 is 0 Å². The first kappa shape index (κ1) is 15.0. The summed E-state index contributed by atoms with van der Waals surface area (Å²) in [5.74, 6) is 1.47. The first-order valence-electron chi connectivity index (χ1n) is 8.80. The van der Waals surface area contributed by atoms with Gasteiger partial charge in [-0.15, -0.1) is 16.4 Å². The topological polar surface area (TPSA) is 60.9 Å². The monoisotopic (exact) mass is 352 g/mol. The normalized spacial score (nSPS) is 17.5. The molecule has 4 aromatic rings. The fraction of sp³-hybridized carbons (Fsp3) is 0.444.